The molecule has 1 aliphatic heterocycles. The molecule has 0 aromatic heterocycles. The van der Waals surface area contributed by atoms with Crippen molar-refractivity contribution >= 4 is 0 Å². The zero-order chi connectivity index (χ0) is 46.1. The first-order valence-corrected chi connectivity index (χ1v) is 18.2. The summed E-state index contributed by atoms with van der Waals surface area (Å²) in [6.45, 7) is -3.96. The zero-order valence-corrected chi connectivity index (χ0v) is 30.0. The predicted octanol–water partition coefficient (Wildman–Crippen LogP) is 11.7. The Morgan fingerprint density at radius 2 is 1.25 bits per heavy atom. The Morgan fingerprint density at radius 3 is 1.81 bits per heavy atom. The molecule has 0 spiro atoms. The first-order valence-electron chi connectivity index (χ1n) is 23.7. The van der Waals surface area contributed by atoms with Crippen molar-refractivity contribution in [3.05, 3.63) is 154 Å². The van der Waals surface area contributed by atoms with Crippen LogP contribution in [-0.4, -0.2) is 20.9 Å². The summed E-state index contributed by atoms with van der Waals surface area (Å²) in [5.41, 5.74) is 4.31. The van der Waals surface area contributed by atoms with Crippen molar-refractivity contribution in [1.82, 2.24) is 0 Å². The van der Waals surface area contributed by atoms with Crippen molar-refractivity contribution in [2.75, 3.05) is 0 Å². The number of aryl methyl sites for hydroxylation is 4. The van der Waals surface area contributed by atoms with Crippen molar-refractivity contribution in [2.45, 2.75) is 103 Å². The molecule has 4 nitrogen and oxygen atoms in total. The Bertz CT molecular complexity index is 2320. The summed E-state index contributed by atoms with van der Waals surface area (Å²) in [6, 6.07) is 26.6. The summed E-state index contributed by atoms with van der Waals surface area (Å²) in [4.78, 5) is 0. The number of phenols is 3. The van der Waals surface area contributed by atoms with Gasteiger partial charge in [-0.3, -0.25) is 0 Å². The molecule has 3 N–H and O–H groups in total. The van der Waals surface area contributed by atoms with Gasteiger partial charge in [0.15, 0.2) is 0 Å². The number of benzene rings is 4. The fourth-order valence-electron chi connectivity index (χ4n) is 8.05. The third kappa shape index (κ3) is 8.49. The van der Waals surface area contributed by atoms with E-state index in [2.05, 4.69) is 0 Å². The van der Waals surface area contributed by atoms with E-state index in [1.165, 1.54) is 0 Å². The van der Waals surface area contributed by atoms with E-state index in [1.807, 2.05) is 60.7 Å². The maximum atomic E-state index is 10.9. The molecule has 0 saturated carbocycles. The number of phenolic OH excluding ortho intramolecular Hbond substituents is 3. The maximum Gasteiger partial charge on any atom is 0.127 e. The van der Waals surface area contributed by atoms with E-state index >= 15 is 0 Å². The van der Waals surface area contributed by atoms with Crippen LogP contribution in [0.2, 0.25) is 0 Å². The van der Waals surface area contributed by atoms with Gasteiger partial charge in [-0.25, -0.2) is 0 Å². The molecule has 4 heteroatoms. The second-order valence-electron chi connectivity index (χ2n) is 14.7. The molecule has 0 radical (unpaired) electrons. The Kier molecular flexibility index (Phi) is 7.74. The molecule has 0 amide bonds. The van der Waals surface area contributed by atoms with Crippen molar-refractivity contribution < 1.29 is 35.1 Å². The molecule has 272 valence electrons. The average molecular weight is 708 g/mol. The van der Waals surface area contributed by atoms with Gasteiger partial charge in [0.1, 0.15) is 28.6 Å². The van der Waals surface area contributed by atoms with Crippen molar-refractivity contribution in [3.8, 4) is 23.0 Å². The van der Waals surface area contributed by atoms with E-state index < -0.39 is 43.9 Å². The number of hydrogen-bond donors (Lipinski definition) is 3. The second kappa shape index (κ2) is 15.9. The highest BCUT2D eigenvalue weighted by atomic mass is 16.5. The summed E-state index contributed by atoms with van der Waals surface area (Å²) >= 11 is 0. The van der Waals surface area contributed by atoms with Crippen LogP contribution in [0.25, 0.3) is 0 Å². The SMILES string of the molecule is [2H]C([2H])([2H])C1=C[C@H]2c3c(O)cc(CCc4ccccc4)cc3OC(C)(C([2H])([2H])[2H])[C@@H]2CC1.[2H]C([2H])=C(C)[C@@H]1CCC(C([2H])([2H])[2H])=C[C@H]1c1c(O)cc(CCc2ccccc2)cc1O. The fourth-order valence-corrected chi connectivity index (χ4v) is 8.05. The minimum atomic E-state index is -2.41. The lowest BCUT2D eigenvalue weighted by Gasteiger charge is -2.46. The predicted molar refractivity (Wildman–Crippen MR) is 214 cm³/mol. The highest BCUT2D eigenvalue weighted by molar-refractivity contribution is 5.54. The first-order chi connectivity index (χ1) is 29.5. The number of allylic oxidation sites excluding steroid dienone is 5. The molecular weight excluding hydrogens is 641 g/mol. The molecule has 7 rings (SSSR count). The van der Waals surface area contributed by atoms with Gasteiger partial charge in [-0.2, -0.15) is 0 Å². The Hall–Kier alpha value is -4.70. The molecule has 1 unspecified atom stereocenters. The van der Waals surface area contributed by atoms with Gasteiger partial charge in [-0.15, -0.1) is 0 Å². The van der Waals surface area contributed by atoms with Crippen LogP contribution in [0.5, 0.6) is 23.0 Å². The molecule has 3 aliphatic rings. The number of ether oxygens (including phenoxy) is 1. The van der Waals surface area contributed by atoms with Crippen LogP contribution in [0.3, 0.4) is 0 Å². The molecule has 4 aromatic carbocycles. The van der Waals surface area contributed by atoms with Gasteiger partial charge < -0.3 is 20.1 Å². The van der Waals surface area contributed by atoms with Crippen LogP contribution in [0.1, 0.15) is 120 Å². The third-order valence-corrected chi connectivity index (χ3v) is 10.8. The van der Waals surface area contributed by atoms with E-state index in [0.29, 0.717) is 54.6 Å². The molecule has 0 bridgehead atoms. The molecule has 52 heavy (non-hydrogen) atoms. The first kappa shape index (κ1) is 25.3. The number of hydrogen-bond acceptors (Lipinski definition) is 4. The van der Waals surface area contributed by atoms with Gasteiger partial charge in [0.05, 0.1) is 2.74 Å². The van der Waals surface area contributed by atoms with Gasteiger partial charge in [0.25, 0.3) is 0 Å². The van der Waals surface area contributed by atoms with E-state index in [-0.39, 0.29) is 47.3 Å². The standard InChI is InChI=1S/2C24H28O2/c1-16-9-12-20-19(13-16)23-21(25)14-18(15-22(23)26-24(20,2)3)11-10-17-7-5-4-6-8-17;1-16(2)20-12-9-17(3)13-21(20)24-22(25)14-19(15-23(24)26)11-10-18-7-5-4-6-8-18/h4-8,13-15,19-20,25H,9-12H2,1-3H3;4-8,13-15,20-21,25-26H,1,9-12H2,2-3H3/t19-,20-;20-,21+/m10/s1/i1D3,2D3;1D2,3D3/t19-,20-,24?;m. The van der Waals surface area contributed by atoms with Gasteiger partial charge in [-0.05, 0) is 138 Å². The normalized spacial score (nSPS) is 27.2. The van der Waals surface area contributed by atoms with Gasteiger partial charge in [0, 0.05) is 41.2 Å². The van der Waals surface area contributed by atoms with E-state index in [4.69, 9.17) is 19.8 Å². The lowest BCUT2D eigenvalue weighted by molar-refractivity contribution is 0.0107. The van der Waals surface area contributed by atoms with Crippen LogP contribution < -0.4 is 4.74 Å². The average Bonchev–Trinajstić information content (AvgIpc) is 3.21. The van der Waals surface area contributed by atoms with Crippen molar-refractivity contribution in [2.24, 2.45) is 11.8 Å². The molecule has 5 atom stereocenters. The molecule has 2 aliphatic carbocycles. The van der Waals surface area contributed by atoms with E-state index in [1.54, 1.807) is 50.3 Å². The lowest BCUT2D eigenvalue weighted by Crippen LogP contribution is -2.45. The molecule has 4 aromatic rings. The van der Waals surface area contributed by atoms with Gasteiger partial charge >= 0.3 is 0 Å². The van der Waals surface area contributed by atoms with E-state index in [9.17, 15) is 15.3 Å². The van der Waals surface area contributed by atoms with Crippen molar-refractivity contribution in [3.63, 3.8) is 0 Å². The lowest BCUT2D eigenvalue weighted by atomic mass is 9.68. The third-order valence-electron chi connectivity index (χ3n) is 10.8. The summed E-state index contributed by atoms with van der Waals surface area (Å²) in [6.07, 6.45) is 7.50. The summed E-state index contributed by atoms with van der Waals surface area (Å²) in [7, 11) is 0. The van der Waals surface area contributed by atoms with Crippen LogP contribution >= 0.6 is 0 Å². The minimum Gasteiger partial charge on any atom is -0.507 e. The Morgan fingerprint density at radius 1 is 0.731 bits per heavy atom. The quantitative estimate of drug-likeness (QED) is 0.159. The molecular formula is C48H56O4. The smallest absolute Gasteiger partial charge is 0.127 e. The maximum absolute atomic E-state index is 10.9. The summed E-state index contributed by atoms with van der Waals surface area (Å²) in [5.74, 6) is -1.77. The molecule has 1 heterocycles. The number of rotatable bonds is 8. The minimum absolute atomic E-state index is 0.0243. The molecule has 0 saturated heterocycles. The van der Waals surface area contributed by atoms with Gasteiger partial charge in [0.2, 0.25) is 0 Å². The van der Waals surface area contributed by atoms with Crippen LogP contribution in [0, 0.1) is 11.8 Å². The van der Waals surface area contributed by atoms with E-state index in [0.717, 1.165) is 35.1 Å². The summed E-state index contributed by atoms with van der Waals surface area (Å²) < 4.78 is 92.9. The Balaban J connectivity index is 0.000000210. The van der Waals surface area contributed by atoms with Gasteiger partial charge in [-0.1, -0.05) is 96.1 Å². The highest BCUT2D eigenvalue weighted by Crippen LogP contribution is 2.53. The van der Waals surface area contributed by atoms with Crippen LogP contribution in [0.15, 0.2) is 120 Å². The Labute approximate surface area is 326 Å². The highest BCUT2D eigenvalue weighted by Gasteiger charge is 2.45. The fraction of sp³-hybridized carbons (Fsp3) is 0.375. The number of aromatic hydroxyl groups is 3. The second-order valence-corrected chi connectivity index (χ2v) is 14.7. The summed E-state index contributed by atoms with van der Waals surface area (Å²) in [5, 5.41) is 32.6. The monoisotopic (exact) mass is 707 g/mol. The van der Waals surface area contributed by atoms with Crippen LogP contribution in [0.4, 0.5) is 0 Å². The van der Waals surface area contributed by atoms with Crippen LogP contribution in [-0.2, 0) is 25.7 Å². The van der Waals surface area contributed by atoms with Crippen molar-refractivity contribution in [1.29, 1.82) is 0 Å². The zero-order valence-electron chi connectivity index (χ0n) is 41.0. The number of fused-ring (bicyclic) bond motifs is 3. The largest absolute Gasteiger partial charge is 0.507 e. The topological polar surface area (TPSA) is 69.9 Å². The molecule has 0 fully saturated rings.